The number of aliphatic hydroxyl groups is 1. The SMILES string of the molecule is CSc1nc(NN)cc(N(CCCO)C(C)C)n1. The summed E-state index contributed by atoms with van der Waals surface area (Å²) in [5.41, 5.74) is 2.55. The fourth-order valence-corrected chi connectivity index (χ4v) is 1.98. The molecule has 1 rings (SSSR count). The quantitative estimate of drug-likeness (QED) is 0.296. The van der Waals surface area contributed by atoms with Crippen molar-refractivity contribution in [2.24, 2.45) is 5.84 Å². The Balaban J connectivity index is 3.02. The van der Waals surface area contributed by atoms with Crippen LogP contribution in [0.2, 0.25) is 0 Å². The first-order chi connectivity index (χ1) is 8.62. The molecule has 0 saturated heterocycles. The number of rotatable bonds is 7. The molecule has 1 aromatic rings. The van der Waals surface area contributed by atoms with Crippen LogP contribution >= 0.6 is 11.8 Å². The number of nitrogen functional groups attached to an aromatic ring is 1. The lowest BCUT2D eigenvalue weighted by Crippen LogP contribution is -2.33. The van der Waals surface area contributed by atoms with Crippen LogP contribution in [-0.4, -0.2) is 40.5 Å². The third-order valence-corrected chi connectivity index (χ3v) is 3.05. The molecule has 0 aromatic carbocycles. The molecule has 102 valence electrons. The predicted molar refractivity (Wildman–Crippen MR) is 75.8 cm³/mol. The lowest BCUT2D eigenvalue weighted by atomic mass is 10.3. The van der Waals surface area contributed by atoms with Gasteiger partial charge < -0.3 is 15.4 Å². The second kappa shape index (κ2) is 7.40. The van der Waals surface area contributed by atoms with Crippen molar-refractivity contribution in [1.29, 1.82) is 0 Å². The highest BCUT2D eigenvalue weighted by atomic mass is 32.2. The molecule has 0 amide bonds. The summed E-state index contributed by atoms with van der Waals surface area (Å²) in [7, 11) is 0. The summed E-state index contributed by atoms with van der Waals surface area (Å²) in [5, 5.41) is 9.63. The summed E-state index contributed by atoms with van der Waals surface area (Å²) in [6.45, 7) is 5.11. The zero-order valence-electron chi connectivity index (χ0n) is 11.1. The number of nitrogens with zero attached hydrogens (tertiary/aromatic N) is 3. The number of anilines is 2. The minimum absolute atomic E-state index is 0.172. The lowest BCUT2D eigenvalue weighted by Gasteiger charge is -2.28. The van der Waals surface area contributed by atoms with Crippen LogP contribution in [0, 0.1) is 0 Å². The maximum absolute atomic E-state index is 8.95. The summed E-state index contributed by atoms with van der Waals surface area (Å²) in [6.07, 6.45) is 2.63. The average Bonchev–Trinajstić information content (AvgIpc) is 2.38. The highest BCUT2D eigenvalue weighted by Crippen LogP contribution is 2.21. The summed E-state index contributed by atoms with van der Waals surface area (Å²) >= 11 is 1.47. The van der Waals surface area contributed by atoms with Gasteiger partial charge in [-0.25, -0.2) is 15.8 Å². The largest absolute Gasteiger partial charge is 0.396 e. The summed E-state index contributed by atoms with van der Waals surface area (Å²) in [4.78, 5) is 10.8. The van der Waals surface area contributed by atoms with E-state index in [-0.39, 0.29) is 6.61 Å². The molecular formula is C11H21N5OS. The highest BCUT2D eigenvalue weighted by molar-refractivity contribution is 7.98. The minimum atomic E-state index is 0.172. The van der Waals surface area contributed by atoms with Crippen molar-refractivity contribution in [2.45, 2.75) is 31.5 Å². The first-order valence-electron chi connectivity index (χ1n) is 5.89. The Bertz CT molecular complexity index is 352. The first-order valence-corrected chi connectivity index (χ1v) is 7.12. The van der Waals surface area contributed by atoms with E-state index in [4.69, 9.17) is 10.9 Å². The Morgan fingerprint density at radius 3 is 2.72 bits per heavy atom. The zero-order chi connectivity index (χ0) is 13.5. The van der Waals surface area contributed by atoms with E-state index in [0.29, 0.717) is 23.4 Å². The monoisotopic (exact) mass is 271 g/mol. The second-order valence-electron chi connectivity index (χ2n) is 4.11. The average molecular weight is 271 g/mol. The summed E-state index contributed by atoms with van der Waals surface area (Å²) in [5.74, 6) is 6.83. The van der Waals surface area contributed by atoms with Gasteiger partial charge in [0.15, 0.2) is 5.16 Å². The second-order valence-corrected chi connectivity index (χ2v) is 4.88. The van der Waals surface area contributed by atoms with Crippen LogP contribution in [0.15, 0.2) is 11.2 Å². The molecule has 0 bridgehead atoms. The number of hydrogen-bond acceptors (Lipinski definition) is 7. The van der Waals surface area contributed by atoms with E-state index >= 15 is 0 Å². The molecule has 18 heavy (non-hydrogen) atoms. The van der Waals surface area contributed by atoms with Gasteiger partial charge in [-0.2, -0.15) is 0 Å². The molecule has 1 heterocycles. The topological polar surface area (TPSA) is 87.3 Å². The van der Waals surface area contributed by atoms with Crippen LogP contribution < -0.4 is 16.2 Å². The molecule has 0 saturated carbocycles. The van der Waals surface area contributed by atoms with Crippen molar-refractivity contribution in [3.05, 3.63) is 6.07 Å². The molecule has 0 atom stereocenters. The number of nitrogens with one attached hydrogen (secondary N) is 1. The van der Waals surface area contributed by atoms with E-state index < -0.39 is 0 Å². The van der Waals surface area contributed by atoms with E-state index in [1.165, 1.54) is 11.8 Å². The predicted octanol–water partition coefficient (Wildman–Crippen LogP) is 1.08. The van der Waals surface area contributed by atoms with Gasteiger partial charge >= 0.3 is 0 Å². The van der Waals surface area contributed by atoms with Crippen molar-refractivity contribution in [1.82, 2.24) is 9.97 Å². The molecule has 4 N–H and O–H groups in total. The molecule has 0 aliphatic carbocycles. The van der Waals surface area contributed by atoms with E-state index in [1.54, 1.807) is 0 Å². The van der Waals surface area contributed by atoms with Crippen LogP contribution in [0.5, 0.6) is 0 Å². The Morgan fingerprint density at radius 1 is 1.50 bits per heavy atom. The van der Waals surface area contributed by atoms with Gasteiger partial charge in [0, 0.05) is 25.3 Å². The van der Waals surface area contributed by atoms with Crippen LogP contribution in [0.1, 0.15) is 20.3 Å². The molecule has 6 nitrogen and oxygen atoms in total. The number of hydrazine groups is 1. The van der Waals surface area contributed by atoms with E-state index in [9.17, 15) is 0 Å². The normalized spacial score (nSPS) is 10.8. The summed E-state index contributed by atoms with van der Waals surface area (Å²) < 4.78 is 0. The number of aliphatic hydroxyl groups excluding tert-OH is 1. The van der Waals surface area contributed by atoms with Gasteiger partial charge in [-0.1, -0.05) is 11.8 Å². The van der Waals surface area contributed by atoms with Crippen LogP contribution in [0.25, 0.3) is 0 Å². The van der Waals surface area contributed by atoms with Crippen molar-refractivity contribution >= 4 is 23.4 Å². The molecule has 0 aliphatic rings. The van der Waals surface area contributed by atoms with Gasteiger partial charge in [0.05, 0.1) is 0 Å². The van der Waals surface area contributed by atoms with Crippen molar-refractivity contribution < 1.29 is 5.11 Å². The van der Waals surface area contributed by atoms with Gasteiger partial charge in [0.2, 0.25) is 0 Å². The molecule has 0 radical (unpaired) electrons. The third-order valence-electron chi connectivity index (χ3n) is 2.50. The van der Waals surface area contributed by atoms with Crippen molar-refractivity contribution in [3.63, 3.8) is 0 Å². The van der Waals surface area contributed by atoms with Crippen molar-refractivity contribution in [3.8, 4) is 0 Å². The lowest BCUT2D eigenvalue weighted by molar-refractivity contribution is 0.288. The Hall–Kier alpha value is -1.05. The smallest absolute Gasteiger partial charge is 0.191 e. The van der Waals surface area contributed by atoms with Gasteiger partial charge in [-0.05, 0) is 26.5 Å². The molecule has 1 aromatic heterocycles. The number of nitrogens with two attached hydrogens (primary N) is 1. The Labute approximate surface area is 112 Å². The van der Waals surface area contributed by atoms with E-state index in [2.05, 4.69) is 34.1 Å². The van der Waals surface area contributed by atoms with Gasteiger partial charge in [0.1, 0.15) is 11.6 Å². The van der Waals surface area contributed by atoms with Gasteiger partial charge in [-0.3, -0.25) is 0 Å². The van der Waals surface area contributed by atoms with Gasteiger partial charge in [-0.15, -0.1) is 0 Å². The number of aromatic nitrogens is 2. The maximum atomic E-state index is 8.95. The van der Waals surface area contributed by atoms with Crippen LogP contribution in [0.4, 0.5) is 11.6 Å². The molecule has 0 unspecified atom stereocenters. The molecular weight excluding hydrogens is 250 g/mol. The molecule has 0 aliphatic heterocycles. The molecule has 0 fully saturated rings. The third kappa shape index (κ3) is 4.01. The Kier molecular flexibility index (Phi) is 6.17. The van der Waals surface area contributed by atoms with Crippen molar-refractivity contribution in [2.75, 3.05) is 29.7 Å². The summed E-state index contributed by atoms with van der Waals surface area (Å²) in [6, 6.07) is 2.11. The van der Waals surface area contributed by atoms with Crippen LogP contribution in [0.3, 0.4) is 0 Å². The maximum Gasteiger partial charge on any atom is 0.191 e. The Morgan fingerprint density at radius 2 is 2.22 bits per heavy atom. The molecule has 7 heteroatoms. The van der Waals surface area contributed by atoms with Crippen LogP contribution in [-0.2, 0) is 0 Å². The minimum Gasteiger partial charge on any atom is -0.396 e. The highest BCUT2D eigenvalue weighted by Gasteiger charge is 2.14. The zero-order valence-corrected chi connectivity index (χ0v) is 11.9. The van der Waals surface area contributed by atoms with Gasteiger partial charge in [0.25, 0.3) is 0 Å². The molecule has 0 spiro atoms. The number of hydrogen-bond donors (Lipinski definition) is 3. The van der Waals surface area contributed by atoms with E-state index in [1.807, 2.05) is 12.3 Å². The number of thioether (sulfide) groups is 1. The standard InChI is InChI=1S/C11H21N5OS/c1-8(2)16(5-4-6-17)10-7-9(15-12)13-11(14-10)18-3/h7-8,17H,4-6,12H2,1-3H3,(H,13,14,15). The fraction of sp³-hybridized carbons (Fsp3) is 0.636. The van der Waals surface area contributed by atoms with E-state index in [0.717, 1.165) is 12.4 Å². The first kappa shape index (κ1) is 15.0. The fourth-order valence-electron chi connectivity index (χ4n) is 1.60.